The summed E-state index contributed by atoms with van der Waals surface area (Å²) in [5, 5.41) is 18.5. The molecule has 1 unspecified atom stereocenters. The summed E-state index contributed by atoms with van der Waals surface area (Å²) in [6.07, 6.45) is 2.60. The lowest BCUT2D eigenvalue weighted by Gasteiger charge is -2.15. The first-order valence-corrected chi connectivity index (χ1v) is 4.44. The van der Waals surface area contributed by atoms with Crippen molar-refractivity contribution in [1.82, 2.24) is 5.23 Å². The molecule has 0 amide bonds. The minimum absolute atomic E-state index is 0.131. The summed E-state index contributed by atoms with van der Waals surface area (Å²) in [6.45, 7) is 4.34. The van der Waals surface area contributed by atoms with Crippen LogP contribution in [-0.4, -0.2) is 34.8 Å². The van der Waals surface area contributed by atoms with Crippen LogP contribution in [0.5, 0.6) is 0 Å². The molecule has 1 atom stereocenters. The lowest BCUT2D eigenvalue weighted by atomic mass is 10.3. The number of nitrogens with zero attached hydrogens (tertiary/aromatic N) is 1. The Hall–Kier alpha value is -0.160. The minimum atomic E-state index is -0.568. The quantitative estimate of drug-likeness (QED) is 0.453. The molecular formula is C8H19NO3. The molecule has 0 aromatic carbocycles. The molecule has 0 aliphatic carbocycles. The second kappa shape index (κ2) is 7.49. The van der Waals surface area contributed by atoms with Gasteiger partial charge in [0.1, 0.15) is 0 Å². The summed E-state index contributed by atoms with van der Waals surface area (Å²) in [4.78, 5) is 4.88. The molecule has 12 heavy (non-hydrogen) atoms. The number of hydrogen-bond acceptors (Lipinski definition) is 4. The van der Waals surface area contributed by atoms with E-state index >= 15 is 0 Å². The molecule has 0 fully saturated rings. The van der Waals surface area contributed by atoms with Crippen LogP contribution in [0.25, 0.3) is 0 Å². The van der Waals surface area contributed by atoms with Gasteiger partial charge in [-0.15, -0.1) is 0 Å². The van der Waals surface area contributed by atoms with Gasteiger partial charge in [-0.1, -0.05) is 25.0 Å². The molecule has 0 aromatic rings. The highest BCUT2D eigenvalue weighted by atomic mass is 16.9. The van der Waals surface area contributed by atoms with Gasteiger partial charge < -0.3 is 5.11 Å². The van der Waals surface area contributed by atoms with E-state index in [4.69, 9.17) is 15.2 Å². The third-order valence-electron chi connectivity index (χ3n) is 1.41. The van der Waals surface area contributed by atoms with E-state index < -0.39 is 6.10 Å². The summed E-state index contributed by atoms with van der Waals surface area (Å²) in [6, 6.07) is 0. The van der Waals surface area contributed by atoms with Gasteiger partial charge in [0.2, 0.25) is 0 Å². The normalized spacial score (nSPS) is 13.8. The third-order valence-corrected chi connectivity index (χ3v) is 1.41. The molecule has 0 aliphatic heterocycles. The Bertz CT molecular complexity index is 98.3. The van der Waals surface area contributed by atoms with Gasteiger partial charge in [-0.3, -0.25) is 10.0 Å². The molecule has 0 heterocycles. The fourth-order valence-corrected chi connectivity index (χ4v) is 0.801. The summed E-state index contributed by atoms with van der Waals surface area (Å²) < 4.78 is 0. The van der Waals surface area contributed by atoms with Gasteiger partial charge in [0.15, 0.2) is 0 Å². The van der Waals surface area contributed by atoms with Crippen molar-refractivity contribution in [2.75, 3.05) is 13.2 Å². The van der Waals surface area contributed by atoms with E-state index in [2.05, 4.69) is 6.92 Å². The minimum Gasteiger partial charge on any atom is -0.392 e. The van der Waals surface area contributed by atoms with E-state index in [9.17, 15) is 0 Å². The maximum absolute atomic E-state index is 8.97. The third kappa shape index (κ3) is 7.94. The monoisotopic (exact) mass is 177 g/mol. The standard InChI is InChI=1S/C8H19NO3/c1-3-4-5-6-12-9(11)7-8(2)10/h8,10-11H,3-7H2,1-2H3. The Morgan fingerprint density at radius 2 is 2.08 bits per heavy atom. The number of rotatable bonds is 7. The summed E-state index contributed by atoms with van der Waals surface area (Å²) in [5.41, 5.74) is 0. The number of aliphatic hydroxyl groups is 1. The second-order valence-corrected chi connectivity index (χ2v) is 2.92. The highest BCUT2D eigenvalue weighted by Crippen LogP contribution is 1.96. The topological polar surface area (TPSA) is 52.9 Å². The first-order valence-electron chi connectivity index (χ1n) is 4.44. The van der Waals surface area contributed by atoms with Gasteiger partial charge in [-0.2, -0.15) is 0 Å². The lowest BCUT2D eigenvalue weighted by Crippen LogP contribution is -2.28. The predicted molar refractivity (Wildman–Crippen MR) is 45.7 cm³/mol. The van der Waals surface area contributed by atoms with Crippen LogP contribution in [0.3, 0.4) is 0 Å². The largest absolute Gasteiger partial charge is 0.392 e. The molecule has 0 spiro atoms. The Morgan fingerprint density at radius 1 is 1.42 bits per heavy atom. The second-order valence-electron chi connectivity index (χ2n) is 2.92. The van der Waals surface area contributed by atoms with Gasteiger partial charge >= 0.3 is 0 Å². The average Bonchev–Trinajstić information content (AvgIpc) is 1.97. The molecule has 0 saturated carbocycles. The fraction of sp³-hybridized carbons (Fsp3) is 1.00. The van der Waals surface area contributed by atoms with Crippen molar-refractivity contribution in [1.29, 1.82) is 0 Å². The van der Waals surface area contributed by atoms with Gasteiger partial charge in [0.25, 0.3) is 0 Å². The zero-order valence-electron chi connectivity index (χ0n) is 7.86. The molecule has 0 saturated heterocycles. The highest BCUT2D eigenvalue weighted by molar-refractivity contribution is 4.43. The van der Waals surface area contributed by atoms with Gasteiger partial charge in [0.05, 0.1) is 19.3 Å². The maximum atomic E-state index is 8.97. The van der Waals surface area contributed by atoms with Crippen molar-refractivity contribution >= 4 is 0 Å². The number of hydrogen-bond donors (Lipinski definition) is 2. The number of hydroxylamine groups is 2. The van der Waals surface area contributed by atoms with E-state index in [1.807, 2.05) is 0 Å². The summed E-state index contributed by atoms with van der Waals surface area (Å²) in [7, 11) is 0. The molecule has 0 aliphatic rings. The Labute approximate surface area is 73.7 Å². The summed E-state index contributed by atoms with van der Waals surface area (Å²) in [5.74, 6) is 0. The average molecular weight is 177 g/mol. The SMILES string of the molecule is CCCCCON(O)CC(C)O. The fourth-order valence-electron chi connectivity index (χ4n) is 0.801. The Balaban J connectivity index is 3.14. The Kier molecular flexibility index (Phi) is 7.39. The van der Waals surface area contributed by atoms with Crippen LogP contribution in [0.15, 0.2) is 0 Å². The molecule has 4 nitrogen and oxygen atoms in total. The predicted octanol–water partition coefficient (Wildman–Crippen LogP) is 1.18. The van der Waals surface area contributed by atoms with Crippen molar-refractivity contribution in [2.24, 2.45) is 0 Å². The van der Waals surface area contributed by atoms with E-state index in [-0.39, 0.29) is 6.54 Å². The van der Waals surface area contributed by atoms with Crippen molar-refractivity contribution in [3.63, 3.8) is 0 Å². The smallest absolute Gasteiger partial charge is 0.0772 e. The van der Waals surface area contributed by atoms with Crippen LogP contribution >= 0.6 is 0 Å². The maximum Gasteiger partial charge on any atom is 0.0772 e. The molecule has 74 valence electrons. The first kappa shape index (κ1) is 11.8. The van der Waals surface area contributed by atoms with Gasteiger partial charge in [-0.05, 0) is 13.3 Å². The zero-order chi connectivity index (χ0) is 9.40. The van der Waals surface area contributed by atoms with Crippen LogP contribution in [0.4, 0.5) is 0 Å². The van der Waals surface area contributed by atoms with Gasteiger partial charge in [0, 0.05) is 0 Å². The van der Waals surface area contributed by atoms with Crippen LogP contribution in [0, 0.1) is 0 Å². The van der Waals surface area contributed by atoms with Crippen molar-refractivity contribution in [3.05, 3.63) is 0 Å². The van der Waals surface area contributed by atoms with E-state index in [0.29, 0.717) is 11.8 Å². The molecule has 4 heteroatoms. The molecular weight excluding hydrogens is 158 g/mol. The van der Waals surface area contributed by atoms with E-state index in [1.54, 1.807) is 6.92 Å². The lowest BCUT2D eigenvalue weighted by molar-refractivity contribution is -0.346. The highest BCUT2D eigenvalue weighted by Gasteiger charge is 2.03. The van der Waals surface area contributed by atoms with Gasteiger partial charge in [-0.25, -0.2) is 0 Å². The first-order chi connectivity index (χ1) is 5.66. The van der Waals surface area contributed by atoms with Crippen molar-refractivity contribution < 1.29 is 15.2 Å². The van der Waals surface area contributed by atoms with E-state index in [0.717, 1.165) is 19.3 Å². The molecule has 0 rings (SSSR count). The molecule has 0 bridgehead atoms. The zero-order valence-corrected chi connectivity index (χ0v) is 7.86. The number of aliphatic hydroxyl groups excluding tert-OH is 1. The van der Waals surface area contributed by atoms with Crippen LogP contribution in [0.1, 0.15) is 33.1 Å². The van der Waals surface area contributed by atoms with Crippen LogP contribution in [-0.2, 0) is 4.84 Å². The van der Waals surface area contributed by atoms with Crippen molar-refractivity contribution in [2.45, 2.75) is 39.2 Å². The van der Waals surface area contributed by atoms with E-state index in [1.165, 1.54) is 0 Å². The van der Waals surface area contributed by atoms with Crippen molar-refractivity contribution in [3.8, 4) is 0 Å². The molecule has 0 aromatic heterocycles. The van der Waals surface area contributed by atoms with Crippen LogP contribution < -0.4 is 0 Å². The van der Waals surface area contributed by atoms with Crippen LogP contribution in [0.2, 0.25) is 0 Å². The molecule has 0 radical (unpaired) electrons. The molecule has 2 N–H and O–H groups in total. The Morgan fingerprint density at radius 3 is 2.58 bits per heavy atom. The summed E-state index contributed by atoms with van der Waals surface area (Å²) >= 11 is 0. The number of unbranched alkanes of at least 4 members (excludes halogenated alkanes) is 2.